The summed E-state index contributed by atoms with van der Waals surface area (Å²) >= 11 is 1.16. The lowest BCUT2D eigenvalue weighted by Gasteiger charge is -2.09. The third-order valence-corrected chi connectivity index (χ3v) is 9.03. The van der Waals surface area contributed by atoms with E-state index in [-0.39, 0.29) is 34.0 Å². The maximum atomic E-state index is 14.9. The van der Waals surface area contributed by atoms with Crippen molar-refractivity contribution in [1.82, 2.24) is 14.8 Å². The third-order valence-electron chi connectivity index (χ3n) is 7.37. The van der Waals surface area contributed by atoms with Gasteiger partial charge < -0.3 is 15.3 Å². The molecule has 2 atom stereocenters. The molecule has 4 aromatic rings. The first kappa shape index (κ1) is 30.7. The number of nitrogens with zero attached hydrogens (tertiary/aromatic N) is 3. The van der Waals surface area contributed by atoms with Gasteiger partial charge in [-0.2, -0.15) is 5.10 Å². The Morgan fingerprint density at radius 1 is 1.19 bits per heavy atom. The molecule has 1 saturated heterocycles. The number of carboxylic acids is 1. The Balaban J connectivity index is 0.00000368. The van der Waals surface area contributed by atoms with Gasteiger partial charge in [0.25, 0.3) is 0 Å². The van der Waals surface area contributed by atoms with Crippen LogP contribution in [0.2, 0.25) is 0 Å². The molecule has 6 rings (SSSR count). The number of rotatable bonds is 8. The monoisotopic (exact) mass is 626 g/mol. The Hall–Kier alpha value is -3.80. The van der Waals surface area contributed by atoms with Crippen LogP contribution in [0.4, 0.5) is 8.78 Å². The van der Waals surface area contributed by atoms with E-state index in [4.69, 9.17) is 15.0 Å². The third kappa shape index (κ3) is 6.74. The molecule has 2 unspecified atom stereocenters. The first-order valence-corrected chi connectivity index (χ1v) is 15.7. The van der Waals surface area contributed by atoms with Crippen molar-refractivity contribution in [3.8, 4) is 28.2 Å². The number of carbonyl (C=O) groups is 1. The molecule has 43 heavy (non-hydrogen) atoms. The number of aromatic nitrogens is 3. The van der Waals surface area contributed by atoms with Gasteiger partial charge >= 0.3 is 5.97 Å². The lowest BCUT2D eigenvalue weighted by atomic mass is 9.96. The molecule has 9 nitrogen and oxygen atoms in total. The minimum absolute atomic E-state index is 0. The number of hydrogen-bond donors (Lipinski definition) is 2. The van der Waals surface area contributed by atoms with E-state index in [1.165, 1.54) is 23.6 Å². The molecule has 224 valence electrons. The van der Waals surface area contributed by atoms with Gasteiger partial charge in [-0.15, -0.1) is 16.5 Å². The fraction of sp³-hybridized carbons (Fsp3) is 0.300. The second kappa shape index (κ2) is 12.8. The number of hydrogen-bond acceptors (Lipinski definition) is 7. The number of thiol groups is 1. The highest BCUT2D eigenvalue weighted by Crippen LogP contribution is 2.38. The number of benzene rings is 2. The average Bonchev–Trinajstić information content (AvgIpc) is 3.30. The summed E-state index contributed by atoms with van der Waals surface area (Å²) in [4.78, 5) is 15.8. The predicted octanol–water partition coefficient (Wildman–Crippen LogP) is 4.66. The number of aromatic carboxylic acids is 1. The summed E-state index contributed by atoms with van der Waals surface area (Å²) in [6.07, 6.45) is 3.83. The van der Waals surface area contributed by atoms with Crippen LogP contribution < -0.4 is 5.14 Å². The van der Waals surface area contributed by atoms with Crippen molar-refractivity contribution in [2.75, 3.05) is 13.2 Å². The minimum atomic E-state index is -2.34. The van der Waals surface area contributed by atoms with Crippen LogP contribution >= 0.6 is 11.3 Å². The fourth-order valence-corrected chi connectivity index (χ4v) is 6.23. The first-order valence-electron chi connectivity index (χ1n) is 13.5. The van der Waals surface area contributed by atoms with E-state index < -0.39 is 28.6 Å². The standard InChI is InChI=1S/C30H26F2N4O4S2.H2O/c31-23-7-6-21(14-20(23)5-3-18-9-10-40-15-18)28-22(11-19-4-8-27(42(33)39)24(32)12-19)26(13-17-1-2-17)36(35-28)30-34-25(16-41-30)29(37)38;/h4,6-8,12,14,16-18H,1-2,9-11,13,15H2,(H2,33,39)(H,37,38);1H2. The lowest BCUT2D eigenvalue weighted by Crippen LogP contribution is -2.07. The quantitative estimate of drug-likeness (QED) is 0.164. The molecule has 0 amide bonds. The number of halogens is 2. The summed E-state index contributed by atoms with van der Waals surface area (Å²) in [5.74, 6) is 4.28. The Kier molecular flexibility index (Phi) is 9.14. The van der Waals surface area contributed by atoms with E-state index in [9.17, 15) is 22.9 Å². The van der Waals surface area contributed by atoms with Gasteiger partial charge in [-0.1, -0.05) is 22.1 Å². The second-order valence-corrected chi connectivity index (χ2v) is 12.4. The maximum absolute atomic E-state index is 14.9. The number of nitrogens with two attached hydrogens (primary N) is 1. The van der Waals surface area contributed by atoms with Crippen LogP contribution in [0.3, 0.4) is 0 Å². The van der Waals surface area contributed by atoms with Crippen LogP contribution in [-0.4, -0.2) is 44.5 Å². The van der Waals surface area contributed by atoms with Crippen molar-refractivity contribution in [2.45, 2.75) is 37.0 Å². The summed E-state index contributed by atoms with van der Waals surface area (Å²) in [6.45, 7) is 1.16. The highest BCUT2D eigenvalue weighted by Gasteiger charge is 2.30. The molecule has 1 saturated carbocycles. The summed E-state index contributed by atoms with van der Waals surface area (Å²) in [5, 5.41) is 21.7. The predicted molar refractivity (Wildman–Crippen MR) is 157 cm³/mol. The largest absolute Gasteiger partial charge is 0.870 e. The van der Waals surface area contributed by atoms with Gasteiger partial charge in [0.1, 0.15) is 5.82 Å². The zero-order chi connectivity index (χ0) is 29.4. The molecule has 3 heterocycles. The molecular weight excluding hydrogens is 598 g/mol. The molecule has 4 N–H and O–H groups in total. The highest BCUT2D eigenvalue weighted by molar-refractivity contribution is 7.82. The molecule has 13 heteroatoms. The highest BCUT2D eigenvalue weighted by atomic mass is 32.2. The molecule has 1 aliphatic carbocycles. The molecule has 1 aliphatic heterocycles. The summed E-state index contributed by atoms with van der Waals surface area (Å²) in [6, 6.07) is 9.05. The number of ether oxygens (including phenoxy) is 1. The Bertz CT molecular complexity index is 1770. The van der Waals surface area contributed by atoms with Gasteiger partial charge in [0.05, 0.1) is 23.6 Å². The molecule has 2 aliphatic rings. The molecule has 0 radical (unpaired) electrons. The zero-order valence-corrected chi connectivity index (χ0v) is 24.5. The van der Waals surface area contributed by atoms with Gasteiger partial charge in [-0.3, -0.25) is 0 Å². The van der Waals surface area contributed by atoms with E-state index >= 15 is 0 Å². The first-order chi connectivity index (χ1) is 20.3. The van der Waals surface area contributed by atoms with Crippen molar-refractivity contribution in [3.63, 3.8) is 0 Å². The molecular formula is C30H28F2N4O5S2. The van der Waals surface area contributed by atoms with Crippen molar-refractivity contribution in [1.29, 1.82) is 0 Å². The van der Waals surface area contributed by atoms with Crippen LogP contribution in [0.25, 0.3) is 16.4 Å². The van der Waals surface area contributed by atoms with Gasteiger partial charge in [-0.25, -0.2) is 23.2 Å². The summed E-state index contributed by atoms with van der Waals surface area (Å²) < 4.78 is 48.4. The normalized spacial score (nSPS) is 16.8. The van der Waals surface area contributed by atoms with Crippen molar-refractivity contribution >= 4 is 28.3 Å². The van der Waals surface area contributed by atoms with Crippen molar-refractivity contribution in [2.24, 2.45) is 17.0 Å². The van der Waals surface area contributed by atoms with E-state index in [0.717, 1.165) is 41.9 Å². The minimum Gasteiger partial charge on any atom is -0.870 e. The number of thiazole rings is 1. The van der Waals surface area contributed by atoms with Gasteiger partial charge in [0.2, 0.25) is 10.0 Å². The Morgan fingerprint density at radius 2 is 2.00 bits per heavy atom. The van der Waals surface area contributed by atoms with Gasteiger partial charge in [0.15, 0.2) is 22.5 Å². The van der Waals surface area contributed by atoms with Crippen molar-refractivity contribution < 1.29 is 33.1 Å². The smallest absolute Gasteiger partial charge is 0.355 e. The Morgan fingerprint density at radius 3 is 2.65 bits per heavy atom. The van der Waals surface area contributed by atoms with Gasteiger partial charge in [-0.05, 0) is 67.5 Å². The van der Waals surface area contributed by atoms with Crippen LogP contribution in [0.5, 0.6) is 0 Å². The topological polar surface area (TPSA) is 150 Å². The fourth-order valence-electron chi connectivity index (χ4n) is 4.97. The summed E-state index contributed by atoms with van der Waals surface area (Å²) in [5.41, 5.74) is 3.52. The molecule has 0 spiro atoms. The molecule has 2 aromatic heterocycles. The zero-order valence-electron chi connectivity index (χ0n) is 22.8. The van der Waals surface area contributed by atoms with Crippen molar-refractivity contribution in [3.05, 3.63) is 81.5 Å². The van der Waals surface area contributed by atoms with Gasteiger partial charge in [0, 0.05) is 35.5 Å². The van der Waals surface area contributed by atoms with Crippen LogP contribution in [0.1, 0.15) is 52.1 Å². The molecule has 2 aromatic carbocycles. The van der Waals surface area contributed by atoms with E-state index in [1.54, 1.807) is 22.9 Å². The Labute approximate surface area is 252 Å². The van der Waals surface area contributed by atoms with Crippen LogP contribution in [0, 0.1) is 35.3 Å². The molecule has 0 bridgehead atoms. The molecule has 2 fully saturated rings. The van der Waals surface area contributed by atoms with E-state index in [1.807, 2.05) is 0 Å². The SMILES string of the molecule is N[SH+](=O)c1ccc(Cc2c(-c3ccc(F)c(C#CC4CCOC4)c3)nn(-c3nc(C(=O)O)cs3)c2CC2CC2)cc1F.[OH-]. The van der Waals surface area contributed by atoms with E-state index in [0.29, 0.717) is 47.5 Å². The van der Waals surface area contributed by atoms with Crippen LogP contribution in [0.15, 0.2) is 46.7 Å². The van der Waals surface area contributed by atoms with E-state index in [2.05, 4.69) is 16.8 Å². The summed E-state index contributed by atoms with van der Waals surface area (Å²) in [7, 11) is -2.34. The maximum Gasteiger partial charge on any atom is 0.355 e. The van der Waals surface area contributed by atoms with Crippen LogP contribution in [-0.2, 0) is 32.8 Å². The average molecular weight is 627 g/mol. The lowest BCUT2D eigenvalue weighted by molar-refractivity contribution is 0.0691. The second-order valence-electron chi connectivity index (χ2n) is 10.5. The number of carboxylic acid groups (broad SMARTS) is 1.